The number of halogens is 2. The molecule has 0 spiro atoms. The van der Waals surface area contributed by atoms with E-state index in [-0.39, 0.29) is 5.56 Å². The zero-order valence-corrected chi connectivity index (χ0v) is 15.3. The lowest BCUT2D eigenvalue weighted by atomic mass is 9.87. The molecule has 0 unspecified atom stereocenters. The average molecular weight is 383 g/mol. The molecular formula is C17H16Cl2N2O2S. The first kappa shape index (κ1) is 17.3. The molecule has 1 aliphatic rings. The summed E-state index contributed by atoms with van der Waals surface area (Å²) in [5.41, 5.74) is 7.22. The summed E-state index contributed by atoms with van der Waals surface area (Å²) in [5.74, 6) is -0.429. The highest BCUT2D eigenvalue weighted by Crippen LogP contribution is 2.39. The van der Waals surface area contributed by atoms with Gasteiger partial charge in [0.2, 0.25) is 0 Å². The maximum atomic E-state index is 12.5. The van der Waals surface area contributed by atoms with Crippen LogP contribution < -0.4 is 11.1 Å². The fraction of sp³-hybridized carbons (Fsp3) is 0.294. The molecule has 2 aromatic rings. The van der Waals surface area contributed by atoms with Crippen molar-refractivity contribution < 1.29 is 9.59 Å². The summed E-state index contributed by atoms with van der Waals surface area (Å²) in [4.78, 5) is 25.6. The van der Waals surface area contributed by atoms with Crippen LogP contribution in [0, 0.1) is 5.92 Å². The van der Waals surface area contributed by atoms with E-state index in [0.29, 0.717) is 26.5 Å². The normalized spacial score (nSPS) is 16.5. The Bertz CT molecular complexity index is 832. The van der Waals surface area contributed by atoms with Gasteiger partial charge in [0.25, 0.3) is 11.8 Å². The molecule has 24 heavy (non-hydrogen) atoms. The molecule has 0 saturated heterocycles. The Labute approximate surface area is 153 Å². The predicted octanol–water partition coefficient (Wildman–Crippen LogP) is 4.53. The van der Waals surface area contributed by atoms with Crippen molar-refractivity contribution in [2.75, 3.05) is 5.32 Å². The largest absolute Gasteiger partial charge is 0.365 e. The smallest absolute Gasteiger partial charge is 0.257 e. The highest BCUT2D eigenvalue weighted by atomic mass is 35.5. The maximum Gasteiger partial charge on any atom is 0.257 e. The third-order valence-electron chi connectivity index (χ3n) is 4.15. The number of primary amides is 1. The summed E-state index contributed by atoms with van der Waals surface area (Å²) in [6, 6.07) is 4.68. The van der Waals surface area contributed by atoms with Crippen LogP contribution in [0.3, 0.4) is 0 Å². The van der Waals surface area contributed by atoms with Gasteiger partial charge in [-0.1, -0.05) is 30.1 Å². The second-order valence-electron chi connectivity index (χ2n) is 6.00. The lowest BCUT2D eigenvalue weighted by molar-refractivity contribution is 0.1000. The molecule has 0 bridgehead atoms. The van der Waals surface area contributed by atoms with Crippen LogP contribution in [0.1, 0.15) is 44.5 Å². The average Bonchev–Trinajstić information content (AvgIpc) is 2.86. The first-order chi connectivity index (χ1) is 11.4. The van der Waals surface area contributed by atoms with Crippen LogP contribution in [-0.2, 0) is 12.8 Å². The standard InChI is InChI=1S/C17H16Cl2N2O2S/c1-8-2-5-13-11(6-8)14(15(20)22)17(24-13)21-16(23)10-7-9(18)3-4-12(10)19/h3-4,7-8H,2,5-6H2,1H3,(H2,20,22)(H,21,23)/t8-/m1/s1. The van der Waals surface area contributed by atoms with Crippen LogP contribution in [0.25, 0.3) is 0 Å². The van der Waals surface area contributed by atoms with E-state index >= 15 is 0 Å². The number of carbonyl (C=O) groups excluding carboxylic acids is 2. The quantitative estimate of drug-likeness (QED) is 0.817. The lowest BCUT2D eigenvalue weighted by Crippen LogP contribution is -2.20. The monoisotopic (exact) mass is 382 g/mol. The first-order valence-electron chi connectivity index (χ1n) is 7.57. The number of fused-ring (bicyclic) bond motifs is 1. The van der Waals surface area contributed by atoms with Gasteiger partial charge >= 0.3 is 0 Å². The Balaban J connectivity index is 1.97. The van der Waals surface area contributed by atoms with Gasteiger partial charge in [0.15, 0.2) is 0 Å². The van der Waals surface area contributed by atoms with Crippen molar-refractivity contribution in [1.82, 2.24) is 0 Å². The highest BCUT2D eigenvalue weighted by molar-refractivity contribution is 7.17. The second kappa shape index (κ2) is 6.75. The van der Waals surface area contributed by atoms with Crippen molar-refractivity contribution in [2.45, 2.75) is 26.2 Å². The molecule has 3 rings (SSSR count). The van der Waals surface area contributed by atoms with Crippen molar-refractivity contribution in [3.63, 3.8) is 0 Å². The molecule has 1 aromatic carbocycles. The number of hydrogen-bond acceptors (Lipinski definition) is 3. The van der Waals surface area contributed by atoms with E-state index in [1.165, 1.54) is 17.4 Å². The minimum absolute atomic E-state index is 0.263. The van der Waals surface area contributed by atoms with Gasteiger partial charge in [0.05, 0.1) is 16.1 Å². The van der Waals surface area contributed by atoms with Gasteiger partial charge in [0.1, 0.15) is 5.00 Å². The number of nitrogens with one attached hydrogen (secondary N) is 1. The van der Waals surface area contributed by atoms with Gasteiger partial charge in [-0.05, 0) is 48.9 Å². The number of rotatable bonds is 3. The molecule has 0 radical (unpaired) electrons. The fourth-order valence-corrected chi connectivity index (χ4v) is 4.57. The van der Waals surface area contributed by atoms with E-state index in [0.717, 1.165) is 29.7 Å². The number of anilines is 1. The summed E-state index contributed by atoms with van der Waals surface area (Å²) in [5, 5.41) is 3.99. The van der Waals surface area contributed by atoms with Gasteiger partial charge in [-0.25, -0.2) is 0 Å². The molecule has 1 atom stereocenters. The van der Waals surface area contributed by atoms with E-state index in [9.17, 15) is 9.59 Å². The van der Waals surface area contributed by atoms with E-state index in [1.807, 2.05) is 0 Å². The summed E-state index contributed by atoms with van der Waals surface area (Å²) in [6.07, 6.45) is 2.77. The second-order valence-corrected chi connectivity index (χ2v) is 7.95. The summed E-state index contributed by atoms with van der Waals surface area (Å²) in [7, 11) is 0. The molecule has 126 valence electrons. The molecule has 0 aliphatic heterocycles. The molecule has 1 heterocycles. The van der Waals surface area contributed by atoms with Crippen molar-refractivity contribution in [2.24, 2.45) is 11.7 Å². The topological polar surface area (TPSA) is 72.2 Å². The van der Waals surface area contributed by atoms with E-state index in [2.05, 4.69) is 12.2 Å². The number of aryl methyl sites for hydroxylation is 1. The number of benzene rings is 1. The van der Waals surface area contributed by atoms with Crippen LogP contribution >= 0.6 is 34.5 Å². The molecule has 0 saturated carbocycles. The molecule has 1 aromatic heterocycles. The highest BCUT2D eigenvalue weighted by Gasteiger charge is 2.27. The number of carbonyl (C=O) groups is 2. The molecular weight excluding hydrogens is 367 g/mol. The number of amides is 2. The van der Waals surface area contributed by atoms with Gasteiger partial charge in [-0.15, -0.1) is 11.3 Å². The van der Waals surface area contributed by atoms with Crippen LogP contribution in [0.5, 0.6) is 0 Å². The molecule has 0 fully saturated rings. The Hall–Kier alpha value is -1.56. The van der Waals surface area contributed by atoms with Gasteiger partial charge < -0.3 is 11.1 Å². The van der Waals surface area contributed by atoms with E-state index < -0.39 is 11.8 Å². The fourth-order valence-electron chi connectivity index (χ4n) is 2.95. The Morgan fingerprint density at radius 2 is 2.08 bits per heavy atom. The molecule has 3 N–H and O–H groups in total. The zero-order chi connectivity index (χ0) is 17.4. The van der Waals surface area contributed by atoms with Crippen molar-refractivity contribution in [1.29, 1.82) is 0 Å². The van der Waals surface area contributed by atoms with Gasteiger partial charge in [-0.2, -0.15) is 0 Å². The maximum absolute atomic E-state index is 12.5. The van der Waals surface area contributed by atoms with Crippen LogP contribution in [-0.4, -0.2) is 11.8 Å². The summed E-state index contributed by atoms with van der Waals surface area (Å²) >= 11 is 13.4. The van der Waals surface area contributed by atoms with Crippen LogP contribution in [0.4, 0.5) is 5.00 Å². The molecule has 7 heteroatoms. The summed E-state index contributed by atoms with van der Waals surface area (Å²) < 4.78 is 0. The minimum Gasteiger partial charge on any atom is -0.365 e. The van der Waals surface area contributed by atoms with Crippen molar-refractivity contribution in [3.05, 3.63) is 49.8 Å². The lowest BCUT2D eigenvalue weighted by Gasteiger charge is -2.18. The minimum atomic E-state index is -0.519. The van der Waals surface area contributed by atoms with Crippen LogP contribution in [0.2, 0.25) is 10.0 Å². The Morgan fingerprint density at radius 3 is 2.79 bits per heavy atom. The van der Waals surface area contributed by atoms with Gasteiger partial charge in [-0.3, -0.25) is 9.59 Å². The zero-order valence-electron chi connectivity index (χ0n) is 13.0. The summed E-state index contributed by atoms with van der Waals surface area (Å²) in [6.45, 7) is 2.15. The molecule has 1 aliphatic carbocycles. The molecule has 2 amide bonds. The van der Waals surface area contributed by atoms with Crippen molar-refractivity contribution >= 4 is 51.4 Å². The van der Waals surface area contributed by atoms with E-state index in [1.54, 1.807) is 12.1 Å². The Morgan fingerprint density at radius 1 is 1.33 bits per heavy atom. The predicted molar refractivity (Wildman–Crippen MR) is 98.4 cm³/mol. The third-order valence-corrected chi connectivity index (χ3v) is 5.93. The molecule has 4 nitrogen and oxygen atoms in total. The van der Waals surface area contributed by atoms with Gasteiger partial charge in [0, 0.05) is 9.90 Å². The van der Waals surface area contributed by atoms with E-state index in [4.69, 9.17) is 28.9 Å². The van der Waals surface area contributed by atoms with Crippen LogP contribution in [0.15, 0.2) is 18.2 Å². The Kier molecular flexibility index (Phi) is 4.85. The first-order valence-corrected chi connectivity index (χ1v) is 9.14. The number of thiophene rings is 1. The number of nitrogens with two attached hydrogens (primary N) is 1. The third kappa shape index (κ3) is 3.29. The van der Waals surface area contributed by atoms with Crippen molar-refractivity contribution in [3.8, 4) is 0 Å². The SMILES string of the molecule is C[C@@H]1CCc2sc(NC(=O)c3cc(Cl)ccc3Cl)c(C(N)=O)c2C1. The number of hydrogen-bond donors (Lipinski definition) is 2.